The van der Waals surface area contributed by atoms with E-state index < -0.39 is 10.8 Å². The summed E-state index contributed by atoms with van der Waals surface area (Å²) in [4.78, 5) is 40.6. The van der Waals surface area contributed by atoms with Gasteiger partial charge in [-0.3, -0.25) is 19.7 Å². The number of pyridine rings is 1. The van der Waals surface area contributed by atoms with Crippen LogP contribution in [0.1, 0.15) is 17.3 Å². The third-order valence-electron chi connectivity index (χ3n) is 3.29. The van der Waals surface area contributed by atoms with Crippen LogP contribution in [0.4, 0.5) is 5.69 Å². The summed E-state index contributed by atoms with van der Waals surface area (Å²) in [7, 11) is 0. The zero-order valence-electron chi connectivity index (χ0n) is 11.3. The Balaban J connectivity index is 2.20. The molecule has 2 heterocycles. The number of carbonyl (C=O) groups excluding carboxylic acids is 2. The number of amides is 2. The van der Waals surface area contributed by atoms with Crippen LogP contribution >= 0.6 is 11.6 Å². The summed E-state index contributed by atoms with van der Waals surface area (Å²) in [6, 6.07) is 1.19. The first-order valence-electron chi connectivity index (χ1n) is 6.25. The Labute approximate surface area is 125 Å². The number of carbonyl (C=O) groups is 2. The standard InChI is InChI=1S/C12H13ClN4O4/c1-8(18)15-2-4-16(5-3-15)12(19)9-6-11(13)14-7-10(9)17(20)21/h6-7H,2-5H2,1H3. The molecule has 2 amide bonds. The Morgan fingerprint density at radius 2 is 1.86 bits per heavy atom. The first-order chi connectivity index (χ1) is 9.90. The Morgan fingerprint density at radius 3 is 2.38 bits per heavy atom. The van der Waals surface area contributed by atoms with Gasteiger partial charge in [-0.2, -0.15) is 0 Å². The summed E-state index contributed by atoms with van der Waals surface area (Å²) in [5.74, 6) is -0.533. The maximum atomic E-state index is 12.4. The van der Waals surface area contributed by atoms with Crippen molar-refractivity contribution in [3.63, 3.8) is 0 Å². The highest BCUT2D eigenvalue weighted by Gasteiger charge is 2.28. The van der Waals surface area contributed by atoms with Crippen LogP contribution in [0.25, 0.3) is 0 Å². The minimum absolute atomic E-state index is 0.0197. The van der Waals surface area contributed by atoms with Crippen LogP contribution in [0.3, 0.4) is 0 Å². The van der Waals surface area contributed by atoms with E-state index in [2.05, 4.69) is 4.98 Å². The second-order valence-electron chi connectivity index (χ2n) is 4.58. The van der Waals surface area contributed by atoms with Gasteiger partial charge in [0.1, 0.15) is 16.9 Å². The molecule has 1 aromatic rings. The van der Waals surface area contributed by atoms with E-state index in [1.165, 1.54) is 17.9 Å². The number of halogens is 1. The lowest BCUT2D eigenvalue weighted by atomic mass is 10.2. The van der Waals surface area contributed by atoms with Crippen molar-refractivity contribution in [1.82, 2.24) is 14.8 Å². The van der Waals surface area contributed by atoms with Crippen molar-refractivity contribution in [1.29, 1.82) is 0 Å². The molecule has 0 aromatic carbocycles. The first kappa shape index (κ1) is 15.2. The lowest BCUT2D eigenvalue weighted by Gasteiger charge is -2.34. The van der Waals surface area contributed by atoms with Gasteiger partial charge in [-0.1, -0.05) is 11.6 Å². The first-order valence-corrected chi connectivity index (χ1v) is 6.62. The van der Waals surface area contributed by atoms with Crippen LogP contribution in [-0.4, -0.2) is 57.7 Å². The Morgan fingerprint density at radius 1 is 1.29 bits per heavy atom. The van der Waals surface area contributed by atoms with Gasteiger partial charge in [0, 0.05) is 33.1 Å². The average molecular weight is 313 g/mol. The summed E-state index contributed by atoms with van der Waals surface area (Å²) in [6.07, 6.45) is 0.974. The summed E-state index contributed by atoms with van der Waals surface area (Å²) < 4.78 is 0. The van der Waals surface area contributed by atoms with Gasteiger partial charge in [-0.15, -0.1) is 0 Å². The normalized spacial score (nSPS) is 15.0. The second-order valence-corrected chi connectivity index (χ2v) is 4.97. The van der Waals surface area contributed by atoms with E-state index in [1.54, 1.807) is 4.90 Å². The molecule has 0 atom stereocenters. The Hall–Kier alpha value is -2.22. The smallest absolute Gasteiger partial charge is 0.300 e. The predicted octanol–water partition coefficient (Wildman–Crippen LogP) is 0.948. The van der Waals surface area contributed by atoms with Gasteiger partial charge in [0.05, 0.1) is 4.92 Å². The van der Waals surface area contributed by atoms with Crippen molar-refractivity contribution in [3.8, 4) is 0 Å². The fourth-order valence-electron chi connectivity index (χ4n) is 2.13. The molecule has 0 N–H and O–H groups in total. The van der Waals surface area contributed by atoms with E-state index in [1.807, 2.05) is 0 Å². The third kappa shape index (κ3) is 3.27. The highest BCUT2D eigenvalue weighted by Crippen LogP contribution is 2.22. The van der Waals surface area contributed by atoms with Gasteiger partial charge < -0.3 is 9.80 Å². The highest BCUT2D eigenvalue weighted by molar-refractivity contribution is 6.29. The van der Waals surface area contributed by atoms with Gasteiger partial charge in [-0.25, -0.2) is 4.98 Å². The molecule has 9 heteroatoms. The molecule has 112 valence electrons. The Kier molecular flexibility index (Phi) is 4.37. The van der Waals surface area contributed by atoms with E-state index in [9.17, 15) is 19.7 Å². The lowest BCUT2D eigenvalue weighted by Crippen LogP contribution is -2.50. The average Bonchev–Trinajstić information content (AvgIpc) is 2.46. The van der Waals surface area contributed by atoms with Crippen molar-refractivity contribution in [2.45, 2.75) is 6.92 Å². The zero-order chi connectivity index (χ0) is 15.6. The summed E-state index contributed by atoms with van der Waals surface area (Å²) in [5.41, 5.74) is -0.463. The molecule has 0 saturated carbocycles. The number of rotatable bonds is 2. The van der Waals surface area contributed by atoms with Gasteiger partial charge in [0.2, 0.25) is 5.91 Å². The molecule has 0 spiro atoms. The molecule has 1 saturated heterocycles. The SMILES string of the molecule is CC(=O)N1CCN(C(=O)c2cc(Cl)ncc2[N+](=O)[O-])CC1. The quantitative estimate of drug-likeness (QED) is 0.460. The molecule has 1 aliphatic rings. The molecular formula is C12H13ClN4O4. The van der Waals surface area contributed by atoms with E-state index in [0.717, 1.165) is 6.20 Å². The van der Waals surface area contributed by atoms with Crippen LogP contribution < -0.4 is 0 Å². The molecule has 2 rings (SSSR count). The number of nitrogens with zero attached hydrogens (tertiary/aromatic N) is 4. The molecule has 0 unspecified atom stereocenters. The van der Waals surface area contributed by atoms with Crippen molar-refractivity contribution in [2.24, 2.45) is 0 Å². The van der Waals surface area contributed by atoms with Crippen molar-refractivity contribution in [3.05, 3.63) is 33.1 Å². The largest absolute Gasteiger partial charge is 0.339 e. The number of hydrogen-bond acceptors (Lipinski definition) is 5. The fourth-order valence-corrected chi connectivity index (χ4v) is 2.29. The minimum atomic E-state index is -0.664. The molecule has 8 nitrogen and oxygen atoms in total. The molecule has 0 bridgehead atoms. The second kappa shape index (κ2) is 6.04. The number of piperazine rings is 1. The lowest BCUT2D eigenvalue weighted by molar-refractivity contribution is -0.385. The predicted molar refractivity (Wildman–Crippen MR) is 74.1 cm³/mol. The number of nitro groups is 1. The van der Waals surface area contributed by atoms with Crippen LogP contribution in [0.15, 0.2) is 12.3 Å². The van der Waals surface area contributed by atoms with Gasteiger partial charge >= 0.3 is 0 Å². The van der Waals surface area contributed by atoms with E-state index in [4.69, 9.17) is 11.6 Å². The summed E-state index contributed by atoms with van der Waals surface area (Å²) in [5, 5.41) is 11.0. The summed E-state index contributed by atoms with van der Waals surface area (Å²) in [6.45, 7) is 2.94. The Bertz CT molecular complexity index is 599. The molecule has 0 aliphatic carbocycles. The highest BCUT2D eigenvalue weighted by atomic mass is 35.5. The van der Waals surface area contributed by atoms with E-state index in [0.29, 0.717) is 26.2 Å². The number of aromatic nitrogens is 1. The maximum absolute atomic E-state index is 12.4. The number of hydrogen-bond donors (Lipinski definition) is 0. The molecule has 0 radical (unpaired) electrons. The van der Waals surface area contributed by atoms with Crippen molar-refractivity contribution < 1.29 is 14.5 Å². The monoisotopic (exact) mass is 312 g/mol. The van der Waals surface area contributed by atoms with Crippen LogP contribution in [-0.2, 0) is 4.79 Å². The minimum Gasteiger partial charge on any atom is -0.339 e. The maximum Gasteiger partial charge on any atom is 0.300 e. The molecule has 1 aliphatic heterocycles. The van der Waals surface area contributed by atoms with E-state index in [-0.39, 0.29) is 22.3 Å². The summed E-state index contributed by atoms with van der Waals surface area (Å²) >= 11 is 5.71. The van der Waals surface area contributed by atoms with Crippen LogP contribution in [0.2, 0.25) is 5.15 Å². The van der Waals surface area contributed by atoms with E-state index >= 15 is 0 Å². The van der Waals surface area contributed by atoms with Crippen molar-refractivity contribution in [2.75, 3.05) is 26.2 Å². The molecule has 21 heavy (non-hydrogen) atoms. The molecule has 1 fully saturated rings. The third-order valence-corrected chi connectivity index (χ3v) is 3.50. The molecule has 1 aromatic heterocycles. The van der Waals surface area contributed by atoms with Gasteiger partial charge in [0.25, 0.3) is 11.6 Å². The van der Waals surface area contributed by atoms with Crippen molar-refractivity contribution >= 4 is 29.1 Å². The van der Waals surface area contributed by atoms with Crippen LogP contribution in [0, 0.1) is 10.1 Å². The fraction of sp³-hybridized carbons (Fsp3) is 0.417. The van der Waals surface area contributed by atoms with Gasteiger partial charge in [0.15, 0.2) is 0 Å². The zero-order valence-corrected chi connectivity index (χ0v) is 12.0. The van der Waals surface area contributed by atoms with Gasteiger partial charge in [-0.05, 0) is 6.07 Å². The van der Waals surface area contributed by atoms with Crippen LogP contribution in [0.5, 0.6) is 0 Å². The topological polar surface area (TPSA) is 96.7 Å². The molecular weight excluding hydrogens is 300 g/mol.